The Labute approximate surface area is 142 Å². The van der Waals surface area contributed by atoms with E-state index in [1.54, 1.807) is 29.6 Å². The number of thiophene rings is 1. The molecular weight excluding hydrogens is 448 g/mol. The van der Waals surface area contributed by atoms with Crippen molar-refractivity contribution < 1.29 is 8.42 Å². The molecule has 0 aliphatic rings. The number of thiocarbonyl (C=S) groups is 1. The monoisotopic (exact) mass is 454 g/mol. The van der Waals surface area contributed by atoms with E-state index in [4.69, 9.17) is 18.0 Å². The highest BCUT2D eigenvalue weighted by molar-refractivity contribution is 9.11. The summed E-state index contributed by atoms with van der Waals surface area (Å²) in [6.45, 7) is 0. The van der Waals surface area contributed by atoms with Crippen LogP contribution in [0.2, 0.25) is 0 Å². The molecule has 0 bridgehead atoms. The summed E-state index contributed by atoms with van der Waals surface area (Å²) in [5.74, 6) is 0. The fraction of sp³-hybridized carbons (Fsp3) is 0. The molecule has 106 valence electrons. The number of nitrogens with two attached hydrogens (primary N) is 1. The van der Waals surface area contributed by atoms with E-state index in [0.717, 1.165) is 11.3 Å². The normalized spacial score (nSPS) is 11.3. The molecule has 0 saturated heterocycles. The molecule has 0 spiro atoms. The Morgan fingerprint density at radius 2 is 1.95 bits per heavy atom. The van der Waals surface area contributed by atoms with Crippen molar-refractivity contribution in [2.24, 2.45) is 5.73 Å². The molecule has 3 N–H and O–H groups in total. The maximum atomic E-state index is 12.3. The van der Waals surface area contributed by atoms with Gasteiger partial charge in [0.2, 0.25) is 0 Å². The molecule has 0 saturated carbocycles. The summed E-state index contributed by atoms with van der Waals surface area (Å²) in [5, 5.41) is 1.70. The van der Waals surface area contributed by atoms with Crippen LogP contribution in [-0.4, -0.2) is 13.4 Å². The highest BCUT2D eigenvalue weighted by Gasteiger charge is 2.20. The van der Waals surface area contributed by atoms with Crippen LogP contribution in [0.1, 0.15) is 5.56 Å². The van der Waals surface area contributed by atoms with Gasteiger partial charge in [0.05, 0.1) is 5.69 Å². The van der Waals surface area contributed by atoms with Crippen LogP contribution in [0.5, 0.6) is 0 Å². The molecule has 1 aromatic carbocycles. The molecule has 0 amide bonds. The van der Waals surface area contributed by atoms with Crippen molar-refractivity contribution in [2.75, 3.05) is 4.72 Å². The lowest BCUT2D eigenvalue weighted by Crippen LogP contribution is -2.13. The van der Waals surface area contributed by atoms with E-state index in [1.165, 1.54) is 0 Å². The van der Waals surface area contributed by atoms with E-state index in [2.05, 4.69) is 36.6 Å². The van der Waals surface area contributed by atoms with E-state index >= 15 is 0 Å². The van der Waals surface area contributed by atoms with Gasteiger partial charge < -0.3 is 5.73 Å². The molecule has 4 nitrogen and oxygen atoms in total. The maximum Gasteiger partial charge on any atom is 0.272 e. The Bertz CT molecular complexity index is 772. The number of hydrogen-bond donors (Lipinski definition) is 2. The highest BCUT2D eigenvalue weighted by Crippen LogP contribution is 2.31. The van der Waals surface area contributed by atoms with Crippen LogP contribution < -0.4 is 10.5 Å². The molecule has 0 unspecified atom stereocenters. The van der Waals surface area contributed by atoms with Crippen LogP contribution in [0.25, 0.3) is 0 Å². The van der Waals surface area contributed by atoms with E-state index in [9.17, 15) is 8.42 Å². The number of halogens is 2. The molecule has 20 heavy (non-hydrogen) atoms. The van der Waals surface area contributed by atoms with E-state index in [-0.39, 0.29) is 9.20 Å². The SMILES string of the molecule is NC(=S)c1ccc(NS(=O)(=O)c2sccc2Br)c(Br)c1. The van der Waals surface area contributed by atoms with Crippen LogP contribution in [-0.2, 0) is 10.0 Å². The number of hydrogen-bond acceptors (Lipinski definition) is 4. The second-order valence-electron chi connectivity index (χ2n) is 3.72. The summed E-state index contributed by atoms with van der Waals surface area (Å²) in [6, 6.07) is 6.62. The predicted octanol–water partition coefficient (Wildman–Crippen LogP) is 3.71. The third-order valence-electron chi connectivity index (χ3n) is 2.33. The van der Waals surface area contributed by atoms with E-state index in [1.807, 2.05) is 0 Å². The van der Waals surface area contributed by atoms with Crippen molar-refractivity contribution in [2.45, 2.75) is 4.21 Å². The van der Waals surface area contributed by atoms with Gasteiger partial charge in [0.25, 0.3) is 10.0 Å². The summed E-state index contributed by atoms with van der Waals surface area (Å²) < 4.78 is 28.3. The fourth-order valence-electron chi connectivity index (χ4n) is 1.41. The van der Waals surface area contributed by atoms with Crippen molar-refractivity contribution in [3.63, 3.8) is 0 Å². The molecular formula is C11H8Br2N2O2S3. The van der Waals surface area contributed by atoms with Crippen LogP contribution in [0.4, 0.5) is 5.69 Å². The second kappa shape index (κ2) is 6.10. The lowest BCUT2D eigenvalue weighted by molar-refractivity contribution is 0.603. The van der Waals surface area contributed by atoms with Crippen molar-refractivity contribution in [3.05, 3.63) is 44.2 Å². The van der Waals surface area contributed by atoms with Gasteiger partial charge in [0, 0.05) is 14.5 Å². The minimum Gasteiger partial charge on any atom is -0.389 e. The molecule has 0 aliphatic carbocycles. The third kappa shape index (κ3) is 3.40. The van der Waals surface area contributed by atoms with Gasteiger partial charge in [0.15, 0.2) is 4.21 Å². The van der Waals surface area contributed by atoms with E-state index < -0.39 is 10.0 Å². The summed E-state index contributed by atoms with van der Waals surface area (Å²) in [5.41, 5.74) is 6.61. The van der Waals surface area contributed by atoms with Gasteiger partial charge in [-0.25, -0.2) is 8.42 Å². The number of sulfonamides is 1. The predicted molar refractivity (Wildman–Crippen MR) is 92.9 cm³/mol. The number of anilines is 1. The average molecular weight is 456 g/mol. The van der Waals surface area contributed by atoms with Gasteiger partial charge in [-0.05, 0) is 61.5 Å². The second-order valence-corrected chi connectivity index (χ2v) is 8.66. The molecule has 0 fully saturated rings. The average Bonchev–Trinajstić information content (AvgIpc) is 2.78. The highest BCUT2D eigenvalue weighted by atomic mass is 79.9. The first-order valence-corrected chi connectivity index (χ1v) is 9.52. The Morgan fingerprint density at radius 3 is 2.45 bits per heavy atom. The van der Waals surface area contributed by atoms with E-state index in [0.29, 0.717) is 20.2 Å². The van der Waals surface area contributed by atoms with Crippen molar-refractivity contribution >= 4 is 76.1 Å². The lowest BCUT2D eigenvalue weighted by Gasteiger charge is -2.10. The molecule has 0 atom stereocenters. The van der Waals surface area contributed by atoms with Crippen LogP contribution >= 0.6 is 55.4 Å². The Hall–Kier alpha value is -0.480. The first-order chi connectivity index (χ1) is 9.31. The third-order valence-corrected chi connectivity index (χ3v) is 7.25. The topological polar surface area (TPSA) is 72.2 Å². The Morgan fingerprint density at radius 1 is 1.25 bits per heavy atom. The van der Waals surface area contributed by atoms with Gasteiger partial charge in [-0.1, -0.05) is 12.2 Å². The van der Waals surface area contributed by atoms with Gasteiger partial charge in [-0.2, -0.15) is 0 Å². The first kappa shape index (κ1) is 15.9. The van der Waals surface area contributed by atoms with Crippen LogP contribution in [0.3, 0.4) is 0 Å². The maximum absolute atomic E-state index is 12.3. The molecule has 9 heteroatoms. The van der Waals surface area contributed by atoms with Crippen molar-refractivity contribution in [1.29, 1.82) is 0 Å². The summed E-state index contributed by atoms with van der Waals surface area (Å²) in [6.07, 6.45) is 0. The van der Waals surface area contributed by atoms with Gasteiger partial charge in [0.1, 0.15) is 4.99 Å². The zero-order chi connectivity index (χ0) is 14.9. The summed E-state index contributed by atoms with van der Waals surface area (Å²) in [7, 11) is -3.63. The fourth-order valence-corrected chi connectivity index (χ4v) is 5.57. The zero-order valence-electron chi connectivity index (χ0n) is 9.76. The summed E-state index contributed by atoms with van der Waals surface area (Å²) >= 11 is 12.5. The molecule has 0 radical (unpaired) electrons. The minimum absolute atomic E-state index is 0.225. The molecule has 2 rings (SSSR count). The van der Waals surface area contributed by atoms with Gasteiger partial charge in [-0.3, -0.25) is 4.72 Å². The number of benzene rings is 1. The van der Waals surface area contributed by atoms with Crippen LogP contribution in [0.15, 0.2) is 42.8 Å². The van der Waals surface area contributed by atoms with Gasteiger partial charge >= 0.3 is 0 Å². The minimum atomic E-state index is -3.63. The zero-order valence-corrected chi connectivity index (χ0v) is 15.4. The molecule has 0 aliphatic heterocycles. The van der Waals surface area contributed by atoms with Gasteiger partial charge in [-0.15, -0.1) is 11.3 Å². The Kier molecular flexibility index (Phi) is 4.85. The van der Waals surface area contributed by atoms with Crippen LogP contribution in [0, 0.1) is 0 Å². The molecule has 2 aromatic rings. The Balaban J connectivity index is 2.36. The summed E-state index contributed by atoms with van der Waals surface area (Å²) in [4.78, 5) is 0.251. The quantitative estimate of drug-likeness (QED) is 0.689. The smallest absolute Gasteiger partial charge is 0.272 e. The first-order valence-electron chi connectivity index (χ1n) is 5.16. The lowest BCUT2D eigenvalue weighted by atomic mass is 10.2. The molecule has 1 heterocycles. The largest absolute Gasteiger partial charge is 0.389 e. The standard InChI is InChI=1S/C11H8Br2N2O2S3/c12-7-3-4-19-11(7)20(16,17)15-9-2-1-6(10(14)18)5-8(9)13/h1-5,15H,(H2,14,18). The number of nitrogens with one attached hydrogen (secondary N) is 1. The van der Waals surface area contributed by atoms with Crippen molar-refractivity contribution in [3.8, 4) is 0 Å². The number of rotatable bonds is 4. The van der Waals surface area contributed by atoms with Crippen molar-refractivity contribution in [1.82, 2.24) is 0 Å². The molecule has 1 aromatic heterocycles.